The minimum absolute atomic E-state index is 0.00961. The van der Waals surface area contributed by atoms with Crippen molar-refractivity contribution in [2.24, 2.45) is 0 Å². The number of hydrogen-bond acceptors (Lipinski definition) is 3. The van der Waals surface area contributed by atoms with Gasteiger partial charge in [0.1, 0.15) is 12.1 Å². The van der Waals surface area contributed by atoms with Gasteiger partial charge >= 0.3 is 0 Å². The standard InChI is InChI=1S/C23H26ClN3O2/c1-15-3-4-18(11-16(15)2)13-26-9-10-27-21(14-26)22(28)25-20(23(27)29)12-17-5-7-19(24)8-6-17/h3-8,11,20-21H,9-10,12-14H2,1-2H3,(H,25,28)/t20-,21+/m0/s1. The smallest absolute Gasteiger partial charge is 0.246 e. The van der Waals surface area contributed by atoms with Gasteiger partial charge in [-0.15, -0.1) is 0 Å². The van der Waals surface area contributed by atoms with E-state index < -0.39 is 12.1 Å². The predicted molar refractivity (Wildman–Crippen MR) is 114 cm³/mol. The van der Waals surface area contributed by atoms with Crippen molar-refractivity contribution in [1.82, 2.24) is 15.1 Å². The normalized spacial score (nSPS) is 22.4. The van der Waals surface area contributed by atoms with Crippen molar-refractivity contribution in [1.29, 1.82) is 0 Å². The quantitative estimate of drug-likeness (QED) is 0.841. The number of amides is 2. The van der Waals surface area contributed by atoms with Crippen LogP contribution in [0.1, 0.15) is 22.3 Å². The number of nitrogens with one attached hydrogen (secondary N) is 1. The molecule has 5 nitrogen and oxygen atoms in total. The van der Waals surface area contributed by atoms with Crippen LogP contribution in [0.4, 0.5) is 0 Å². The lowest BCUT2D eigenvalue weighted by molar-refractivity contribution is -0.153. The molecule has 29 heavy (non-hydrogen) atoms. The summed E-state index contributed by atoms with van der Waals surface area (Å²) >= 11 is 5.94. The lowest BCUT2D eigenvalue weighted by Crippen LogP contribution is -2.69. The first kappa shape index (κ1) is 19.9. The van der Waals surface area contributed by atoms with Crippen LogP contribution in [0.25, 0.3) is 0 Å². The van der Waals surface area contributed by atoms with E-state index >= 15 is 0 Å². The number of carbonyl (C=O) groups is 2. The summed E-state index contributed by atoms with van der Waals surface area (Å²) in [5.74, 6) is -0.0521. The minimum atomic E-state index is -0.508. The Morgan fingerprint density at radius 2 is 1.72 bits per heavy atom. The molecule has 0 radical (unpaired) electrons. The first-order chi connectivity index (χ1) is 13.9. The molecule has 152 valence electrons. The number of fused-ring (bicyclic) bond motifs is 1. The molecule has 2 aromatic carbocycles. The summed E-state index contributed by atoms with van der Waals surface area (Å²) in [6.07, 6.45) is 0.483. The summed E-state index contributed by atoms with van der Waals surface area (Å²) in [5, 5.41) is 3.60. The lowest BCUT2D eigenvalue weighted by Gasteiger charge is -2.45. The molecule has 1 N–H and O–H groups in total. The van der Waals surface area contributed by atoms with E-state index in [2.05, 4.69) is 42.3 Å². The summed E-state index contributed by atoms with van der Waals surface area (Å²) in [5.41, 5.74) is 4.78. The molecule has 0 aromatic heterocycles. The highest BCUT2D eigenvalue weighted by atomic mass is 35.5. The zero-order valence-electron chi connectivity index (χ0n) is 16.8. The molecule has 2 heterocycles. The highest BCUT2D eigenvalue weighted by molar-refractivity contribution is 6.30. The van der Waals surface area contributed by atoms with Gasteiger partial charge in [-0.2, -0.15) is 0 Å². The van der Waals surface area contributed by atoms with E-state index in [1.165, 1.54) is 16.7 Å². The van der Waals surface area contributed by atoms with Crippen LogP contribution in [0, 0.1) is 13.8 Å². The van der Waals surface area contributed by atoms with Crippen LogP contribution in [0.5, 0.6) is 0 Å². The van der Waals surface area contributed by atoms with Gasteiger partial charge in [0.15, 0.2) is 0 Å². The number of carbonyl (C=O) groups excluding carboxylic acids is 2. The van der Waals surface area contributed by atoms with Crippen LogP contribution in [0.15, 0.2) is 42.5 Å². The molecule has 2 aliphatic rings. The fourth-order valence-corrected chi connectivity index (χ4v) is 4.28. The second kappa shape index (κ2) is 8.17. The number of nitrogens with zero attached hydrogens (tertiary/aromatic N) is 2. The van der Waals surface area contributed by atoms with E-state index in [1.54, 1.807) is 17.0 Å². The summed E-state index contributed by atoms with van der Waals surface area (Å²) < 4.78 is 0. The Morgan fingerprint density at radius 1 is 1.00 bits per heavy atom. The Kier molecular flexibility index (Phi) is 5.61. The van der Waals surface area contributed by atoms with Gasteiger partial charge in [0.2, 0.25) is 11.8 Å². The van der Waals surface area contributed by atoms with Crippen molar-refractivity contribution in [3.05, 3.63) is 69.7 Å². The van der Waals surface area contributed by atoms with Crippen LogP contribution >= 0.6 is 11.6 Å². The molecule has 0 spiro atoms. The zero-order chi connectivity index (χ0) is 20.5. The van der Waals surface area contributed by atoms with E-state index in [-0.39, 0.29) is 11.8 Å². The summed E-state index contributed by atoms with van der Waals surface area (Å²) in [6, 6.07) is 13.0. The monoisotopic (exact) mass is 411 g/mol. The van der Waals surface area contributed by atoms with Crippen molar-refractivity contribution in [3.8, 4) is 0 Å². The second-order valence-corrected chi connectivity index (χ2v) is 8.53. The first-order valence-electron chi connectivity index (χ1n) is 10.0. The molecule has 0 unspecified atom stereocenters. The maximum atomic E-state index is 13.0. The molecule has 0 aliphatic carbocycles. The molecule has 4 rings (SSSR count). The van der Waals surface area contributed by atoms with Gasteiger partial charge in [-0.05, 0) is 48.2 Å². The number of aryl methyl sites for hydroxylation is 2. The van der Waals surface area contributed by atoms with Crippen molar-refractivity contribution < 1.29 is 9.59 Å². The van der Waals surface area contributed by atoms with Crippen LogP contribution < -0.4 is 5.32 Å². The van der Waals surface area contributed by atoms with Gasteiger partial charge in [0.25, 0.3) is 0 Å². The van der Waals surface area contributed by atoms with Gasteiger partial charge in [0, 0.05) is 37.6 Å². The number of halogens is 1. The fourth-order valence-electron chi connectivity index (χ4n) is 4.16. The number of benzene rings is 2. The van der Waals surface area contributed by atoms with E-state index in [9.17, 15) is 9.59 Å². The summed E-state index contributed by atoms with van der Waals surface area (Å²) in [4.78, 5) is 29.8. The van der Waals surface area contributed by atoms with Crippen LogP contribution in [-0.2, 0) is 22.6 Å². The second-order valence-electron chi connectivity index (χ2n) is 8.09. The molecule has 2 amide bonds. The Bertz CT molecular complexity index is 928. The first-order valence-corrected chi connectivity index (χ1v) is 10.4. The molecule has 2 saturated heterocycles. The number of piperazine rings is 2. The van der Waals surface area contributed by atoms with E-state index in [4.69, 9.17) is 11.6 Å². The molecular weight excluding hydrogens is 386 g/mol. The molecule has 2 aliphatic heterocycles. The highest BCUT2D eigenvalue weighted by Crippen LogP contribution is 2.21. The molecule has 0 saturated carbocycles. The zero-order valence-corrected chi connectivity index (χ0v) is 17.6. The molecular formula is C23H26ClN3O2. The third-order valence-electron chi connectivity index (χ3n) is 6.00. The maximum absolute atomic E-state index is 13.0. The van der Waals surface area contributed by atoms with Crippen molar-refractivity contribution in [3.63, 3.8) is 0 Å². The predicted octanol–water partition coefficient (Wildman–Crippen LogP) is 2.71. The maximum Gasteiger partial charge on any atom is 0.246 e. The largest absolute Gasteiger partial charge is 0.342 e. The summed E-state index contributed by atoms with van der Waals surface area (Å²) in [6.45, 7) is 6.94. The van der Waals surface area contributed by atoms with E-state index in [0.717, 1.165) is 18.7 Å². The van der Waals surface area contributed by atoms with Gasteiger partial charge in [-0.3, -0.25) is 14.5 Å². The molecule has 2 aromatic rings. The van der Waals surface area contributed by atoms with Crippen LogP contribution in [0.3, 0.4) is 0 Å². The van der Waals surface area contributed by atoms with Crippen molar-refractivity contribution >= 4 is 23.4 Å². The molecule has 2 fully saturated rings. The third-order valence-corrected chi connectivity index (χ3v) is 6.25. The van der Waals surface area contributed by atoms with Crippen LogP contribution in [-0.4, -0.2) is 53.3 Å². The molecule has 0 bridgehead atoms. The average molecular weight is 412 g/mol. The number of rotatable bonds is 4. The van der Waals surface area contributed by atoms with Gasteiger partial charge in [-0.1, -0.05) is 41.9 Å². The fraction of sp³-hybridized carbons (Fsp3) is 0.391. The van der Waals surface area contributed by atoms with Gasteiger partial charge in [-0.25, -0.2) is 0 Å². The van der Waals surface area contributed by atoms with E-state index in [0.29, 0.717) is 24.5 Å². The summed E-state index contributed by atoms with van der Waals surface area (Å²) in [7, 11) is 0. The number of hydrogen-bond donors (Lipinski definition) is 1. The minimum Gasteiger partial charge on any atom is -0.342 e. The molecule has 6 heteroatoms. The molecule has 2 atom stereocenters. The SMILES string of the molecule is Cc1ccc(CN2CCN3C(=O)[C@H](Cc4ccc(Cl)cc4)NC(=O)[C@H]3C2)cc1C. The topological polar surface area (TPSA) is 52.6 Å². The average Bonchev–Trinajstić information content (AvgIpc) is 2.70. The Hall–Kier alpha value is -2.37. The van der Waals surface area contributed by atoms with Crippen molar-refractivity contribution in [2.75, 3.05) is 19.6 Å². The Labute approximate surface area is 176 Å². The lowest BCUT2D eigenvalue weighted by atomic mass is 9.98. The van der Waals surface area contributed by atoms with Gasteiger partial charge < -0.3 is 10.2 Å². The Morgan fingerprint density at radius 3 is 2.45 bits per heavy atom. The van der Waals surface area contributed by atoms with E-state index in [1.807, 2.05) is 12.1 Å². The van der Waals surface area contributed by atoms with Crippen LogP contribution in [0.2, 0.25) is 5.02 Å². The van der Waals surface area contributed by atoms with Gasteiger partial charge in [0.05, 0.1) is 0 Å². The highest BCUT2D eigenvalue weighted by Gasteiger charge is 2.43. The third kappa shape index (κ3) is 4.31. The van der Waals surface area contributed by atoms with Crippen molar-refractivity contribution in [2.45, 2.75) is 38.9 Å². The Balaban J connectivity index is 1.41.